The normalized spacial score (nSPS) is 8.56. The third-order valence-corrected chi connectivity index (χ3v) is 1.66. The number of carbonyl (C=O) groups excluding carboxylic acids is 1. The minimum Gasteiger partial charge on any atom is -0.326 e. The standard InChI is InChI=1S/C8H9NO.C5H5N/c1-7(10)9-8-5-3-2-4-6-8;1-2-4-6-5-3-1/h2-6H,1H3,(H,9,10);1-5H. The van der Waals surface area contributed by atoms with Crippen LogP contribution in [0.2, 0.25) is 0 Å². The number of pyridine rings is 1. The lowest BCUT2D eigenvalue weighted by Gasteiger charge is -1.98. The van der Waals surface area contributed by atoms with E-state index >= 15 is 0 Å². The summed E-state index contributed by atoms with van der Waals surface area (Å²) in [6, 6.07) is 15.1. The Morgan fingerprint density at radius 2 is 1.56 bits per heavy atom. The van der Waals surface area contributed by atoms with Crippen LogP contribution in [-0.2, 0) is 4.79 Å². The lowest BCUT2D eigenvalue weighted by atomic mass is 10.3. The molecule has 3 nitrogen and oxygen atoms in total. The molecule has 1 aromatic heterocycles. The highest BCUT2D eigenvalue weighted by molar-refractivity contribution is 5.88. The van der Waals surface area contributed by atoms with Gasteiger partial charge in [0, 0.05) is 25.0 Å². The summed E-state index contributed by atoms with van der Waals surface area (Å²) in [5.41, 5.74) is 0.843. The highest BCUT2D eigenvalue weighted by Gasteiger charge is 1.90. The summed E-state index contributed by atoms with van der Waals surface area (Å²) in [6.45, 7) is 1.49. The molecule has 1 aromatic carbocycles. The molecule has 0 aliphatic heterocycles. The predicted molar refractivity (Wildman–Crippen MR) is 65.0 cm³/mol. The minimum absolute atomic E-state index is 0.0359. The van der Waals surface area contributed by atoms with Gasteiger partial charge in [-0.1, -0.05) is 24.3 Å². The summed E-state index contributed by atoms with van der Waals surface area (Å²) < 4.78 is 0. The summed E-state index contributed by atoms with van der Waals surface area (Å²) in [6.07, 6.45) is 3.50. The Kier molecular flexibility index (Phi) is 5.34. The third kappa shape index (κ3) is 5.54. The van der Waals surface area contributed by atoms with E-state index in [1.54, 1.807) is 12.4 Å². The SMILES string of the molecule is CC(=O)Nc1ccccc1.c1ccncc1. The Morgan fingerprint density at radius 1 is 1.00 bits per heavy atom. The molecule has 0 saturated heterocycles. The first kappa shape index (κ1) is 11.9. The first-order chi connectivity index (χ1) is 7.79. The molecule has 16 heavy (non-hydrogen) atoms. The van der Waals surface area contributed by atoms with Gasteiger partial charge < -0.3 is 5.32 Å². The van der Waals surface area contributed by atoms with Gasteiger partial charge in [-0.15, -0.1) is 0 Å². The molecule has 0 aliphatic rings. The minimum atomic E-state index is -0.0359. The van der Waals surface area contributed by atoms with E-state index < -0.39 is 0 Å². The van der Waals surface area contributed by atoms with Crippen LogP contribution in [0.15, 0.2) is 60.9 Å². The molecular formula is C13H14N2O. The second kappa shape index (κ2) is 7.17. The second-order valence-electron chi connectivity index (χ2n) is 3.07. The van der Waals surface area contributed by atoms with Crippen LogP contribution in [0, 0.1) is 0 Å². The fourth-order valence-corrected chi connectivity index (χ4v) is 1.04. The molecule has 1 N–H and O–H groups in total. The molecule has 0 fully saturated rings. The summed E-state index contributed by atoms with van der Waals surface area (Å²) in [5.74, 6) is -0.0359. The van der Waals surface area contributed by atoms with Crippen LogP contribution in [0.4, 0.5) is 5.69 Å². The summed E-state index contributed by atoms with van der Waals surface area (Å²) in [7, 11) is 0. The smallest absolute Gasteiger partial charge is 0.221 e. The Labute approximate surface area is 95.2 Å². The summed E-state index contributed by atoms with van der Waals surface area (Å²) in [5, 5.41) is 2.67. The van der Waals surface area contributed by atoms with E-state index in [0.29, 0.717) is 0 Å². The molecule has 0 unspecified atom stereocenters. The molecule has 0 bridgehead atoms. The molecule has 2 aromatic rings. The van der Waals surface area contributed by atoms with E-state index in [4.69, 9.17) is 0 Å². The average Bonchev–Trinajstić information content (AvgIpc) is 2.32. The van der Waals surface area contributed by atoms with Gasteiger partial charge in [-0.2, -0.15) is 0 Å². The van der Waals surface area contributed by atoms with Crippen molar-refractivity contribution in [3.63, 3.8) is 0 Å². The zero-order valence-corrected chi connectivity index (χ0v) is 9.13. The molecule has 0 aliphatic carbocycles. The van der Waals surface area contributed by atoms with Crippen molar-refractivity contribution in [2.75, 3.05) is 5.32 Å². The number of hydrogen-bond donors (Lipinski definition) is 1. The number of amides is 1. The molecule has 1 amide bonds. The number of carbonyl (C=O) groups is 1. The van der Waals surface area contributed by atoms with E-state index in [-0.39, 0.29) is 5.91 Å². The molecule has 0 radical (unpaired) electrons. The van der Waals surface area contributed by atoms with Crippen LogP contribution >= 0.6 is 0 Å². The van der Waals surface area contributed by atoms with Crippen LogP contribution < -0.4 is 5.32 Å². The molecular weight excluding hydrogens is 200 g/mol. The second-order valence-corrected chi connectivity index (χ2v) is 3.07. The Hall–Kier alpha value is -2.16. The van der Waals surface area contributed by atoms with Gasteiger partial charge in [0.25, 0.3) is 0 Å². The van der Waals surface area contributed by atoms with Crippen LogP contribution in [0.25, 0.3) is 0 Å². The number of para-hydroxylation sites is 1. The Bertz CT molecular complexity index is 374. The number of rotatable bonds is 1. The molecule has 0 atom stereocenters. The van der Waals surface area contributed by atoms with Crippen LogP contribution in [-0.4, -0.2) is 10.9 Å². The Morgan fingerprint density at radius 3 is 1.94 bits per heavy atom. The van der Waals surface area contributed by atoms with E-state index in [2.05, 4.69) is 10.3 Å². The fraction of sp³-hybridized carbons (Fsp3) is 0.0769. The molecule has 1 heterocycles. The first-order valence-corrected chi connectivity index (χ1v) is 4.96. The van der Waals surface area contributed by atoms with Gasteiger partial charge in [-0.05, 0) is 24.3 Å². The van der Waals surface area contributed by atoms with Crippen molar-refractivity contribution in [1.29, 1.82) is 0 Å². The number of benzene rings is 1. The van der Waals surface area contributed by atoms with E-state index in [1.165, 1.54) is 6.92 Å². The van der Waals surface area contributed by atoms with Crippen LogP contribution in [0.1, 0.15) is 6.92 Å². The number of nitrogens with zero attached hydrogens (tertiary/aromatic N) is 1. The van der Waals surface area contributed by atoms with Crippen molar-refractivity contribution >= 4 is 11.6 Å². The molecule has 0 saturated carbocycles. The Balaban J connectivity index is 0.000000181. The maximum absolute atomic E-state index is 10.5. The van der Waals surface area contributed by atoms with Gasteiger partial charge in [0.15, 0.2) is 0 Å². The highest BCUT2D eigenvalue weighted by Crippen LogP contribution is 2.03. The zero-order valence-electron chi connectivity index (χ0n) is 9.13. The van der Waals surface area contributed by atoms with E-state index in [1.807, 2.05) is 48.5 Å². The maximum atomic E-state index is 10.5. The molecule has 2 rings (SSSR count). The lowest BCUT2D eigenvalue weighted by molar-refractivity contribution is -0.114. The van der Waals surface area contributed by atoms with Crippen molar-refractivity contribution in [3.05, 3.63) is 60.9 Å². The number of aromatic nitrogens is 1. The van der Waals surface area contributed by atoms with E-state index in [0.717, 1.165) is 5.69 Å². The summed E-state index contributed by atoms with van der Waals surface area (Å²) in [4.78, 5) is 14.3. The third-order valence-electron chi connectivity index (χ3n) is 1.66. The van der Waals surface area contributed by atoms with Crippen LogP contribution in [0.5, 0.6) is 0 Å². The van der Waals surface area contributed by atoms with Gasteiger partial charge >= 0.3 is 0 Å². The van der Waals surface area contributed by atoms with Gasteiger partial charge in [-0.3, -0.25) is 9.78 Å². The topological polar surface area (TPSA) is 42.0 Å². The van der Waals surface area contributed by atoms with Gasteiger partial charge in [0.05, 0.1) is 0 Å². The first-order valence-electron chi connectivity index (χ1n) is 4.96. The quantitative estimate of drug-likeness (QED) is 0.793. The van der Waals surface area contributed by atoms with Gasteiger partial charge in [0.1, 0.15) is 0 Å². The van der Waals surface area contributed by atoms with Crippen molar-refractivity contribution in [2.24, 2.45) is 0 Å². The monoisotopic (exact) mass is 214 g/mol. The van der Waals surface area contributed by atoms with Crippen molar-refractivity contribution in [2.45, 2.75) is 6.92 Å². The summed E-state index contributed by atoms with van der Waals surface area (Å²) >= 11 is 0. The molecule has 3 heteroatoms. The number of anilines is 1. The number of hydrogen-bond acceptors (Lipinski definition) is 2. The number of nitrogens with one attached hydrogen (secondary N) is 1. The zero-order chi connectivity index (χ0) is 11.6. The van der Waals surface area contributed by atoms with Gasteiger partial charge in [-0.25, -0.2) is 0 Å². The average molecular weight is 214 g/mol. The van der Waals surface area contributed by atoms with E-state index in [9.17, 15) is 4.79 Å². The maximum Gasteiger partial charge on any atom is 0.221 e. The molecule has 82 valence electrons. The van der Waals surface area contributed by atoms with Gasteiger partial charge in [0.2, 0.25) is 5.91 Å². The predicted octanol–water partition coefficient (Wildman–Crippen LogP) is 2.73. The molecule has 0 spiro atoms. The fourth-order valence-electron chi connectivity index (χ4n) is 1.04. The van der Waals surface area contributed by atoms with Crippen molar-refractivity contribution < 1.29 is 4.79 Å². The highest BCUT2D eigenvalue weighted by atomic mass is 16.1. The van der Waals surface area contributed by atoms with Crippen molar-refractivity contribution in [3.8, 4) is 0 Å². The van der Waals surface area contributed by atoms with Crippen molar-refractivity contribution in [1.82, 2.24) is 4.98 Å². The lowest BCUT2D eigenvalue weighted by Crippen LogP contribution is -2.04. The largest absolute Gasteiger partial charge is 0.326 e. The van der Waals surface area contributed by atoms with Crippen LogP contribution in [0.3, 0.4) is 0 Å².